The molecule has 0 N–H and O–H groups in total. The smallest absolute Gasteiger partial charge is 0.0227 e. The topological polar surface area (TPSA) is 0 Å². The van der Waals surface area contributed by atoms with E-state index >= 15 is 0 Å². The van der Waals surface area contributed by atoms with E-state index in [1.54, 1.807) is 11.1 Å². The summed E-state index contributed by atoms with van der Waals surface area (Å²) in [5.41, 5.74) is 3.66. The fourth-order valence-corrected chi connectivity index (χ4v) is 4.16. The van der Waals surface area contributed by atoms with Gasteiger partial charge in [0.1, 0.15) is 0 Å². The minimum Gasteiger partial charge on any atom is -0.152 e. The van der Waals surface area contributed by atoms with Gasteiger partial charge in [-0.05, 0) is 44.9 Å². The molecular weight excluding hydrogens is 212 g/mol. The van der Waals surface area contributed by atoms with E-state index in [1.807, 2.05) is 0 Å². The Hall–Kier alpha value is -0.170. The van der Waals surface area contributed by atoms with Crippen LogP contribution in [-0.4, -0.2) is 10.5 Å². The van der Waals surface area contributed by atoms with Crippen LogP contribution in [0, 0.1) is 5.41 Å². The Kier molecular flexibility index (Phi) is 3.53. The van der Waals surface area contributed by atoms with E-state index in [-0.39, 0.29) is 0 Å². The molecule has 90 valence electrons. The minimum absolute atomic E-state index is 0.487. The van der Waals surface area contributed by atoms with E-state index in [0.29, 0.717) is 5.41 Å². The molecule has 1 heteroatoms. The average Bonchev–Trinajstić information content (AvgIpc) is 2.94. The predicted molar refractivity (Wildman–Crippen MR) is 74.9 cm³/mol. The van der Waals surface area contributed by atoms with Crippen molar-refractivity contribution in [1.82, 2.24) is 0 Å². The van der Waals surface area contributed by atoms with Gasteiger partial charge in [-0.25, -0.2) is 0 Å². The summed E-state index contributed by atoms with van der Waals surface area (Å²) < 4.78 is 0. The predicted octanol–water partition coefficient (Wildman–Crippen LogP) is 4.96. The van der Waals surface area contributed by atoms with Crippen LogP contribution in [0.3, 0.4) is 0 Å². The van der Waals surface area contributed by atoms with Gasteiger partial charge in [-0.1, -0.05) is 37.1 Å². The summed E-state index contributed by atoms with van der Waals surface area (Å²) >= 11 is 2.19. The van der Waals surface area contributed by atoms with E-state index in [9.17, 15) is 0 Å². The number of hydrogen-bond donors (Lipinski definition) is 0. The van der Waals surface area contributed by atoms with Gasteiger partial charge in [-0.15, -0.1) is 0 Å². The normalized spacial score (nSPS) is 40.8. The third kappa shape index (κ3) is 2.94. The second-order valence-electron chi connectivity index (χ2n) is 6.13. The number of thioether (sulfide) groups is 1. The molecule has 0 nitrogen and oxygen atoms in total. The quantitative estimate of drug-likeness (QED) is 0.423. The van der Waals surface area contributed by atoms with Gasteiger partial charge in [0.2, 0.25) is 0 Å². The van der Waals surface area contributed by atoms with Gasteiger partial charge < -0.3 is 0 Å². The van der Waals surface area contributed by atoms with Gasteiger partial charge in [0, 0.05) is 10.5 Å². The Balaban J connectivity index is 2.12. The highest BCUT2D eigenvalue weighted by Gasteiger charge is 2.47. The largest absolute Gasteiger partial charge is 0.152 e. The molecule has 2 aliphatic rings. The van der Waals surface area contributed by atoms with Crippen LogP contribution in [0.1, 0.15) is 53.4 Å². The lowest BCUT2D eigenvalue weighted by molar-refractivity contribution is 0.372. The maximum atomic E-state index is 2.48. The van der Waals surface area contributed by atoms with Crippen LogP contribution in [0.15, 0.2) is 23.3 Å². The van der Waals surface area contributed by atoms with Crippen LogP contribution >= 0.6 is 11.8 Å². The SMILES string of the molecule is C/C1=C/CC/C(C)=C/CC(C)(C)C2SC2C1. The Morgan fingerprint density at radius 2 is 1.94 bits per heavy atom. The zero-order chi connectivity index (χ0) is 11.8. The molecule has 0 aromatic carbocycles. The molecule has 2 rings (SSSR count). The Morgan fingerprint density at radius 3 is 2.69 bits per heavy atom. The lowest BCUT2D eigenvalue weighted by Crippen LogP contribution is -2.20. The van der Waals surface area contributed by atoms with Crippen molar-refractivity contribution in [3.63, 3.8) is 0 Å². The molecule has 0 spiro atoms. The molecule has 1 saturated heterocycles. The summed E-state index contributed by atoms with van der Waals surface area (Å²) in [6.45, 7) is 9.46. The summed E-state index contributed by atoms with van der Waals surface area (Å²) in [5.74, 6) is 0. The maximum absolute atomic E-state index is 2.48. The zero-order valence-corrected chi connectivity index (χ0v) is 11.9. The van der Waals surface area contributed by atoms with Gasteiger partial charge in [-0.3, -0.25) is 0 Å². The summed E-state index contributed by atoms with van der Waals surface area (Å²) in [4.78, 5) is 0. The van der Waals surface area contributed by atoms with Crippen molar-refractivity contribution in [2.24, 2.45) is 5.41 Å². The number of fused-ring (bicyclic) bond motifs is 1. The molecule has 0 aromatic heterocycles. The minimum atomic E-state index is 0.487. The molecule has 2 atom stereocenters. The fourth-order valence-electron chi connectivity index (χ4n) is 2.59. The first kappa shape index (κ1) is 12.3. The second kappa shape index (κ2) is 4.60. The zero-order valence-electron chi connectivity index (χ0n) is 11.0. The summed E-state index contributed by atoms with van der Waals surface area (Å²) in [7, 11) is 0. The first-order valence-electron chi connectivity index (χ1n) is 6.46. The van der Waals surface area contributed by atoms with Crippen LogP contribution in [0.4, 0.5) is 0 Å². The van der Waals surface area contributed by atoms with Gasteiger partial charge in [-0.2, -0.15) is 11.8 Å². The number of allylic oxidation sites excluding steroid dienone is 4. The molecule has 0 saturated carbocycles. The van der Waals surface area contributed by atoms with Crippen molar-refractivity contribution in [2.45, 2.75) is 63.9 Å². The van der Waals surface area contributed by atoms with Crippen LogP contribution in [0.25, 0.3) is 0 Å². The summed E-state index contributed by atoms with van der Waals surface area (Å²) in [5, 5.41) is 1.79. The molecule has 0 aromatic rings. The van der Waals surface area contributed by atoms with Gasteiger partial charge in [0.05, 0.1) is 0 Å². The maximum Gasteiger partial charge on any atom is 0.0227 e. The molecule has 2 unspecified atom stereocenters. The molecule has 1 aliphatic heterocycles. The highest BCUT2D eigenvalue weighted by Crippen LogP contribution is 2.56. The average molecular weight is 236 g/mol. The van der Waals surface area contributed by atoms with Crippen molar-refractivity contribution >= 4 is 11.8 Å². The fraction of sp³-hybridized carbons (Fsp3) is 0.733. The Labute approximate surface area is 105 Å². The Bertz CT molecular complexity index is 322. The van der Waals surface area contributed by atoms with Crippen LogP contribution in [0.5, 0.6) is 0 Å². The van der Waals surface area contributed by atoms with Crippen molar-refractivity contribution in [1.29, 1.82) is 0 Å². The summed E-state index contributed by atoms with van der Waals surface area (Å²) in [6, 6.07) is 0. The summed E-state index contributed by atoms with van der Waals surface area (Å²) in [6.07, 6.45) is 9.98. The lowest BCUT2D eigenvalue weighted by atomic mass is 9.83. The molecule has 0 radical (unpaired) electrons. The van der Waals surface area contributed by atoms with E-state index in [0.717, 1.165) is 10.5 Å². The molecule has 16 heavy (non-hydrogen) atoms. The van der Waals surface area contributed by atoms with Crippen molar-refractivity contribution in [2.75, 3.05) is 0 Å². The van der Waals surface area contributed by atoms with Crippen molar-refractivity contribution in [3.05, 3.63) is 23.3 Å². The van der Waals surface area contributed by atoms with Gasteiger partial charge >= 0.3 is 0 Å². The molecular formula is C15H24S. The number of rotatable bonds is 0. The lowest BCUT2D eigenvalue weighted by Gasteiger charge is -2.22. The van der Waals surface area contributed by atoms with Gasteiger partial charge in [0.25, 0.3) is 0 Å². The third-order valence-corrected chi connectivity index (χ3v) is 5.62. The van der Waals surface area contributed by atoms with Crippen LogP contribution in [0.2, 0.25) is 0 Å². The third-order valence-electron chi connectivity index (χ3n) is 3.88. The first-order valence-corrected chi connectivity index (χ1v) is 7.40. The van der Waals surface area contributed by atoms with Crippen molar-refractivity contribution < 1.29 is 0 Å². The highest BCUT2D eigenvalue weighted by molar-refractivity contribution is 8.07. The van der Waals surface area contributed by atoms with Gasteiger partial charge in [0.15, 0.2) is 0 Å². The molecule has 1 aliphatic carbocycles. The standard InChI is InChI=1S/C15H24S/c1-11-6-5-7-12(2)10-13-14(16-13)15(3,4)9-8-11/h7-8,13-14H,5-6,9-10H2,1-4H3/b11-8+,12-7-. The molecule has 0 amide bonds. The molecule has 1 heterocycles. The monoisotopic (exact) mass is 236 g/mol. The van der Waals surface area contributed by atoms with E-state index < -0.39 is 0 Å². The van der Waals surface area contributed by atoms with Crippen LogP contribution in [-0.2, 0) is 0 Å². The van der Waals surface area contributed by atoms with E-state index in [1.165, 1.54) is 25.7 Å². The highest BCUT2D eigenvalue weighted by atomic mass is 32.2. The van der Waals surface area contributed by atoms with E-state index in [4.69, 9.17) is 0 Å². The second-order valence-corrected chi connectivity index (χ2v) is 7.52. The molecule has 0 bridgehead atoms. The Morgan fingerprint density at radius 1 is 1.19 bits per heavy atom. The molecule has 1 fully saturated rings. The number of hydrogen-bond acceptors (Lipinski definition) is 1. The van der Waals surface area contributed by atoms with E-state index in [2.05, 4.69) is 51.6 Å². The first-order chi connectivity index (χ1) is 7.49. The van der Waals surface area contributed by atoms with Crippen molar-refractivity contribution in [3.8, 4) is 0 Å². The van der Waals surface area contributed by atoms with Crippen LogP contribution < -0.4 is 0 Å².